The Morgan fingerprint density at radius 1 is 0.951 bits per heavy atom. The van der Waals surface area contributed by atoms with Gasteiger partial charge in [-0.1, -0.05) is 30.3 Å². The standard InChI is InChI=1S/C32H38N4O5/c37-29-14-13-28(30(38)33-29)36-20-24-17-26(11-12-27(24)32(36)40)41-21-25-10-4-5-16-35(25)31(39)23-9-6-15-34(19-23)18-22-7-2-1-3-8-22/h1-3,7-8,11-12,17,23,25,28H,4-6,9-10,13-16,18-21H2,(H,33,37,38)/t23?,25-,28?/m0/s1. The number of hydrogen-bond acceptors (Lipinski definition) is 6. The fraction of sp³-hybridized carbons (Fsp3) is 0.500. The average Bonchev–Trinajstić information content (AvgIpc) is 3.31. The van der Waals surface area contributed by atoms with Gasteiger partial charge in [0, 0.05) is 38.2 Å². The lowest BCUT2D eigenvalue weighted by molar-refractivity contribution is -0.142. The van der Waals surface area contributed by atoms with Crippen LogP contribution < -0.4 is 10.1 Å². The van der Waals surface area contributed by atoms with E-state index in [1.807, 2.05) is 12.1 Å². The minimum absolute atomic E-state index is 0.0114. The van der Waals surface area contributed by atoms with Gasteiger partial charge in [-0.05, 0) is 74.4 Å². The summed E-state index contributed by atoms with van der Waals surface area (Å²) < 4.78 is 6.23. The lowest BCUT2D eigenvalue weighted by Crippen LogP contribution is -2.52. The van der Waals surface area contributed by atoms with Crippen LogP contribution in [0.1, 0.15) is 66.4 Å². The quantitative estimate of drug-likeness (QED) is 0.525. The number of likely N-dealkylation sites (tertiary alicyclic amines) is 2. The Labute approximate surface area is 240 Å². The second-order valence-corrected chi connectivity index (χ2v) is 11.8. The van der Waals surface area contributed by atoms with Gasteiger partial charge in [-0.15, -0.1) is 0 Å². The molecule has 2 unspecified atom stereocenters. The van der Waals surface area contributed by atoms with Crippen LogP contribution in [0.3, 0.4) is 0 Å². The van der Waals surface area contributed by atoms with E-state index in [-0.39, 0.29) is 36.1 Å². The second kappa shape index (κ2) is 12.0. The molecule has 9 nitrogen and oxygen atoms in total. The van der Waals surface area contributed by atoms with E-state index in [0.717, 1.165) is 63.8 Å². The number of imide groups is 1. The van der Waals surface area contributed by atoms with Crippen molar-refractivity contribution in [3.05, 3.63) is 65.2 Å². The molecule has 41 heavy (non-hydrogen) atoms. The minimum Gasteiger partial charge on any atom is -0.491 e. The number of carbonyl (C=O) groups excluding carboxylic acids is 4. The van der Waals surface area contributed by atoms with Gasteiger partial charge < -0.3 is 14.5 Å². The minimum atomic E-state index is -0.637. The molecular formula is C32H38N4O5. The van der Waals surface area contributed by atoms with Crippen molar-refractivity contribution < 1.29 is 23.9 Å². The zero-order valence-electron chi connectivity index (χ0n) is 23.4. The Morgan fingerprint density at radius 2 is 1.80 bits per heavy atom. The van der Waals surface area contributed by atoms with Crippen molar-refractivity contribution in [3.63, 3.8) is 0 Å². The van der Waals surface area contributed by atoms with Gasteiger partial charge >= 0.3 is 0 Å². The van der Waals surface area contributed by atoms with Gasteiger partial charge in [-0.25, -0.2) is 0 Å². The largest absolute Gasteiger partial charge is 0.491 e. The molecule has 0 radical (unpaired) electrons. The lowest BCUT2D eigenvalue weighted by Gasteiger charge is -2.40. The highest BCUT2D eigenvalue weighted by Gasteiger charge is 2.39. The molecule has 4 aliphatic rings. The molecule has 0 saturated carbocycles. The van der Waals surface area contributed by atoms with Gasteiger partial charge in [-0.3, -0.25) is 29.4 Å². The third-order valence-electron chi connectivity index (χ3n) is 8.95. The molecule has 3 atom stereocenters. The fourth-order valence-electron chi connectivity index (χ4n) is 6.77. The molecule has 4 amide bonds. The van der Waals surface area contributed by atoms with E-state index >= 15 is 0 Å². The number of carbonyl (C=O) groups is 4. The molecule has 9 heteroatoms. The van der Waals surface area contributed by atoms with E-state index in [1.165, 1.54) is 5.56 Å². The number of nitrogens with zero attached hydrogens (tertiary/aromatic N) is 3. The van der Waals surface area contributed by atoms with Crippen LogP contribution in [0, 0.1) is 5.92 Å². The Morgan fingerprint density at radius 3 is 2.63 bits per heavy atom. The number of hydrogen-bond donors (Lipinski definition) is 1. The van der Waals surface area contributed by atoms with Crippen molar-refractivity contribution in [3.8, 4) is 5.75 Å². The van der Waals surface area contributed by atoms with Crippen LogP contribution in [-0.4, -0.2) is 76.7 Å². The molecular weight excluding hydrogens is 520 g/mol. The van der Waals surface area contributed by atoms with Gasteiger partial charge in [0.2, 0.25) is 17.7 Å². The Hall–Kier alpha value is -3.72. The topological polar surface area (TPSA) is 99.3 Å². The molecule has 0 aromatic heterocycles. The van der Waals surface area contributed by atoms with Gasteiger partial charge in [0.1, 0.15) is 18.4 Å². The number of piperidine rings is 3. The van der Waals surface area contributed by atoms with Gasteiger partial charge in [0.05, 0.1) is 12.0 Å². The van der Waals surface area contributed by atoms with E-state index in [9.17, 15) is 19.2 Å². The number of benzene rings is 2. The SMILES string of the molecule is O=C1CCC(N2Cc3cc(OC[C@@H]4CCCCN4C(=O)C4CCCN(Cc5ccccc5)C4)ccc3C2=O)C(=O)N1. The van der Waals surface area contributed by atoms with E-state index in [4.69, 9.17) is 4.74 Å². The molecule has 3 fully saturated rings. The molecule has 0 bridgehead atoms. The molecule has 6 rings (SSSR count). The normalized spacial score (nSPS) is 25.2. The van der Waals surface area contributed by atoms with E-state index in [1.54, 1.807) is 17.0 Å². The van der Waals surface area contributed by atoms with Crippen LogP contribution in [-0.2, 0) is 27.5 Å². The third kappa shape index (κ3) is 6.00. The molecule has 216 valence electrons. The highest BCUT2D eigenvalue weighted by Crippen LogP contribution is 2.31. The summed E-state index contributed by atoms with van der Waals surface area (Å²) >= 11 is 0. The summed E-state index contributed by atoms with van der Waals surface area (Å²) in [4.78, 5) is 56.6. The zero-order valence-corrected chi connectivity index (χ0v) is 23.4. The highest BCUT2D eigenvalue weighted by atomic mass is 16.5. The number of ether oxygens (including phenoxy) is 1. The van der Waals surface area contributed by atoms with Crippen LogP contribution in [0.2, 0.25) is 0 Å². The van der Waals surface area contributed by atoms with Crippen molar-refractivity contribution >= 4 is 23.6 Å². The van der Waals surface area contributed by atoms with E-state index in [2.05, 4.69) is 39.4 Å². The molecule has 3 saturated heterocycles. The molecule has 2 aromatic carbocycles. The Bertz CT molecular complexity index is 1310. The van der Waals surface area contributed by atoms with Gasteiger partial charge in [0.15, 0.2) is 0 Å². The molecule has 0 aliphatic carbocycles. The molecule has 4 heterocycles. The summed E-state index contributed by atoms with van der Waals surface area (Å²) in [6, 6.07) is 15.3. The van der Waals surface area contributed by atoms with Crippen LogP contribution in [0.25, 0.3) is 0 Å². The van der Waals surface area contributed by atoms with Crippen LogP contribution >= 0.6 is 0 Å². The lowest BCUT2D eigenvalue weighted by atomic mass is 9.93. The maximum atomic E-state index is 13.7. The fourth-order valence-corrected chi connectivity index (χ4v) is 6.77. The van der Waals surface area contributed by atoms with Crippen molar-refractivity contribution in [2.45, 2.75) is 70.1 Å². The Kier molecular flexibility index (Phi) is 8.05. The van der Waals surface area contributed by atoms with E-state index < -0.39 is 11.9 Å². The smallest absolute Gasteiger partial charge is 0.255 e. The number of amides is 4. The first-order valence-electron chi connectivity index (χ1n) is 14.9. The third-order valence-corrected chi connectivity index (χ3v) is 8.95. The summed E-state index contributed by atoms with van der Waals surface area (Å²) in [5, 5.41) is 2.34. The second-order valence-electron chi connectivity index (χ2n) is 11.8. The van der Waals surface area contributed by atoms with Crippen LogP contribution in [0.4, 0.5) is 0 Å². The number of fused-ring (bicyclic) bond motifs is 1. The van der Waals surface area contributed by atoms with Gasteiger partial charge in [-0.2, -0.15) is 0 Å². The van der Waals surface area contributed by atoms with Gasteiger partial charge in [0.25, 0.3) is 5.91 Å². The first kappa shape index (κ1) is 27.4. The Balaban J connectivity index is 1.07. The molecule has 2 aromatic rings. The van der Waals surface area contributed by atoms with Crippen LogP contribution in [0.15, 0.2) is 48.5 Å². The monoisotopic (exact) mass is 558 g/mol. The maximum absolute atomic E-state index is 13.7. The summed E-state index contributed by atoms with van der Waals surface area (Å²) in [5.41, 5.74) is 2.66. The van der Waals surface area contributed by atoms with Crippen molar-refractivity contribution in [1.29, 1.82) is 0 Å². The summed E-state index contributed by atoms with van der Waals surface area (Å²) in [6.45, 7) is 4.18. The summed E-state index contributed by atoms with van der Waals surface area (Å²) in [5.74, 6) is 0.00879. The number of rotatable bonds is 7. The van der Waals surface area contributed by atoms with E-state index in [0.29, 0.717) is 30.9 Å². The first-order valence-corrected chi connectivity index (χ1v) is 14.9. The highest BCUT2D eigenvalue weighted by molar-refractivity contribution is 6.05. The van der Waals surface area contributed by atoms with Crippen molar-refractivity contribution in [2.24, 2.45) is 5.92 Å². The molecule has 0 spiro atoms. The average molecular weight is 559 g/mol. The predicted octanol–water partition coefficient (Wildman–Crippen LogP) is 3.12. The summed E-state index contributed by atoms with van der Waals surface area (Å²) in [6.07, 6.45) is 5.53. The molecule has 1 N–H and O–H groups in total. The zero-order chi connectivity index (χ0) is 28.3. The van der Waals surface area contributed by atoms with Crippen LogP contribution in [0.5, 0.6) is 5.75 Å². The number of nitrogens with one attached hydrogen (secondary N) is 1. The van der Waals surface area contributed by atoms with Crippen molar-refractivity contribution in [2.75, 3.05) is 26.2 Å². The molecule has 4 aliphatic heterocycles. The van der Waals surface area contributed by atoms with Crippen molar-refractivity contribution in [1.82, 2.24) is 20.0 Å². The predicted molar refractivity (Wildman–Crippen MR) is 152 cm³/mol. The first-order chi connectivity index (χ1) is 20.0. The summed E-state index contributed by atoms with van der Waals surface area (Å²) in [7, 11) is 0. The maximum Gasteiger partial charge on any atom is 0.255 e.